The Morgan fingerprint density at radius 2 is 1.92 bits per heavy atom. The van der Waals surface area contributed by atoms with Crippen LogP contribution in [-0.4, -0.2) is 5.91 Å². The molecule has 1 aromatic heterocycles. The molecule has 0 radical (unpaired) electrons. The minimum atomic E-state index is -0.409. The first-order chi connectivity index (χ1) is 11.5. The molecular formula is C17H11BrCl2N2O2. The highest BCUT2D eigenvalue weighted by atomic mass is 79.9. The molecule has 0 aliphatic rings. The molecule has 0 unspecified atom stereocenters. The van der Waals surface area contributed by atoms with E-state index in [0.717, 1.165) is 4.47 Å². The number of furan rings is 1. The Bertz CT molecular complexity index is 925. The van der Waals surface area contributed by atoms with Crippen LogP contribution in [-0.2, 0) is 0 Å². The first-order valence-corrected chi connectivity index (χ1v) is 8.41. The summed E-state index contributed by atoms with van der Waals surface area (Å²) in [4.78, 5) is 12.3. The maximum atomic E-state index is 12.3. The van der Waals surface area contributed by atoms with E-state index < -0.39 is 5.91 Å². The molecule has 0 aliphatic heterocycles. The normalized spacial score (nSPS) is 10.6. The molecule has 0 atom stereocenters. The second-order valence-electron chi connectivity index (χ2n) is 4.95. The summed E-state index contributed by atoms with van der Waals surface area (Å²) in [5.74, 6) is 0.188. The molecule has 0 aliphatic carbocycles. The highest BCUT2D eigenvalue weighted by molar-refractivity contribution is 9.10. The summed E-state index contributed by atoms with van der Waals surface area (Å²) in [7, 11) is 0. The number of nitrogens with two attached hydrogens (primary N) is 1. The first-order valence-electron chi connectivity index (χ1n) is 6.86. The minimum absolute atomic E-state index is 0.142. The van der Waals surface area contributed by atoms with Gasteiger partial charge in [-0.2, -0.15) is 0 Å². The van der Waals surface area contributed by atoms with E-state index in [-0.39, 0.29) is 5.76 Å². The van der Waals surface area contributed by atoms with E-state index in [1.807, 2.05) is 0 Å². The fourth-order valence-corrected chi connectivity index (χ4v) is 2.90. The van der Waals surface area contributed by atoms with Gasteiger partial charge in [0.05, 0.1) is 21.4 Å². The Hall–Kier alpha value is -1.95. The van der Waals surface area contributed by atoms with Crippen LogP contribution in [0.1, 0.15) is 10.6 Å². The Kier molecular flexibility index (Phi) is 4.85. The van der Waals surface area contributed by atoms with Crippen LogP contribution in [0.3, 0.4) is 0 Å². The maximum Gasteiger partial charge on any atom is 0.291 e. The number of carbonyl (C=O) groups is 1. The second kappa shape index (κ2) is 6.89. The first kappa shape index (κ1) is 16.9. The lowest BCUT2D eigenvalue weighted by atomic mass is 10.2. The van der Waals surface area contributed by atoms with Crippen LogP contribution in [0.4, 0.5) is 11.4 Å². The van der Waals surface area contributed by atoms with Crippen LogP contribution in [0.15, 0.2) is 57.4 Å². The van der Waals surface area contributed by atoms with Crippen LogP contribution in [0.25, 0.3) is 11.3 Å². The molecule has 3 N–H and O–H groups in total. The Morgan fingerprint density at radius 1 is 1.12 bits per heavy atom. The number of hydrogen-bond acceptors (Lipinski definition) is 3. The highest BCUT2D eigenvalue weighted by Crippen LogP contribution is 2.34. The summed E-state index contributed by atoms with van der Waals surface area (Å²) in [6.45, 7) is 0. The third kappa shape index (κ3) is 3.43. The number of carbonyl (C=O) groups excluding carboxylic acids is 1. The van der Waals surface area contributed by atoms with Gasteiger partial charge in [-0.25, -0.2) is 0 Å². The van der Waals surface area contributed by atoms with Gasteiger partial charge in [0.1, 0.15) is 5.76 Å². The monoisotopic (exact) mass is 424 g/mol. The zero-order valence-corrected chi connectivity index (χ0v) is 15.2. The predicted molar refractivity (Wildman–Crippen MR) is 101 cm³/mol. The van der Waals surface area contributed by atoms with Gasteiger partial charge in [-0.15, -0.1) is 0 Å². The largest absolute Gasteiger partial charge is 0.451 e. The molecule has 0 saturated heterocycles. The Balaban J connectivity index is 1.85. The number of nitrogens with one attached hydrogen (secondary N) is 1. The van der Waals surface area contributed by atoms with E-state index in [1.54, 1.807) is 48.5 Å². The molecule has 4 nitrogen and oxygen atoms in total. The van der Waals surface area contributed by atoms with Crippen molar-refractivity contribution in [1.29, 1.82) is 0 Å². The van der Waals surface area contributed by atoms with Crippen LogP contribution in [0, 0.1) is 0 Å². The Labute approximate surface area is 156 Å². The van der Waals surface area contributed by atoms with Gasteiger partial charge < -0.3 is 15.5 Å². The van der Waals surface area contributed by atoms with E-state index in [4.69, 9.17) is 33.4 Å². The van der Waals surface area contributed by atoms with Crippen molar-refractivity contribution in [1.82, 2.24) is 0 Å². The topological polar surface area (TPSA) is 68.3 Å². The molecule has 24 heavy (non-hydrogen) atoms. The fourth-order valence-electron chi connectivity index (χ4n) is 2.13. The van der Waals surface area contributed by atoms with E-state index >= 15 is 0 Å². The summed E-state index contributed by atoms with van der Waals surface area (Å²) < 4.78 is 6.43. The van der Waals surface area contributed by atoms with Crippen LogP contribution in [0.5, 0.6) is 0 Å². The van der Waals surface area contributed by atoms with E-state index in [1.165, 1.54) is 0 Å². The zero-order chi connectivity index (χ0) is 17.3. The van der Waals surface area contributed by atoms with Crippen molar-refractivity contribution in [3.8, 4) is 11.3 Å². The zero-order valence-electron chi connectivity index (χ0n) is 12.1. The van der Waals surface area contributed by atoms with Crippen LogP contribution < -0.4 is 11.1 Å². The summed E-state index contributed by atoms with van der Waals surface area (Å²) in [5, 5.41) is 3.50. The van der Waals surface area contributed by atoms with E-state index in [0.29, 0.717) is 32.7 Å². The van der Waals surface area contributed by atoms with Gasteiger partial charge in [0.2, 0.25) is 0 Å². The molecular weight excluding hydrogens is 415 g/mol. The number of hydrogen-bond donors (Lipinski definition) is 2. The molecule has 122 valence electrons. The van der Waals surface area contributed by atoms with Crippen LogP contribution in [0.2, 0.25) is 10.0 Å². The smallest absolute Gasteiger partial charge is 0.291 e. The molecule has 3 aromatic rings. The molecule has 2 aromatic carbocycles. The van der Waals surface area contributed by atoms with Gasteiger partial charge in [0, 0.05) is 10.0 Å². The molecule has 7 heteroatoms. The SMILES string of the molecule is Nc1cc(Br)ccc1NC(=O)c1ccc(-c2cccc(Cl)c2Cl)o1. The van der Waals surface area contributed by atoms with Crippen molar-refractivity contribution in [2.24, 2.45) is 0 Å². The van der Waals surface area contributed by atoms with Crippen molar-refractivity contribution in [3.05, 3.63) is 68.8 Å². The van der Waals surface area contributed by atoms with Gasteiger partial charge in [0.25, 0.3) is 5.91 Å². The summed E-state index contributed by atoms with van der Waals surface area (Å²) in [5.41, 5.74) is 7.44. The molecule has 0 saturated carbocycles. The number of benzene rings is 2. The summed E-state index contributed by atoms with van der Waals surface area (Å²) in [6.07, 6.45) is 0. The molecule has 1 heterocycles. The average Bonchev–Trinajstić information content (AvgIpc) is 3.02. The average molecular weight is 426 g/mol. The van der Waals surface area contributed by atoms with Crippen molar-refractivity contribution >= 4 is 56.4 Å². The molecule has 1 amide bonds. The minimum Gasteiger partial charge on any atom is -0.451 e. The number of rotatable bonds is 3. The van der Waals surface area contributed by atoms with E-state index in [9.17, 15) is 4.79 Å². The quantitative estimate of drug-likeness (QED) is 0.517. The number of amides is 1. The van der Waals surface area contributed by atoms with Gasteiger partial charge in [-0.1, -0.05) is 45.2 Å². The van der Waals surface area contributed by atoms with E-state index in [2.05, 4.69) is 21.2 Å². The molecule has 0 bridgehead atoms. The highest BCUT2D eigenvalue weighted by Gasteiger charge is 2.16. The van der Waals surface area contributed by atoms with Crippen molar-refractivity contribution in [2.45, 2.75) is 0 Å². The fraction of sp³-hybridized carbons (Fsp3) is 0. The van der Waals surface area contributed by atoms with Gasteiger partial charge in [-0.3, -0.25) is 4.79 Å². The standard InChI is InChI=1S/C17H11BrCl2N2O2/c18-9-4-5-13(12(21)8-9)22-17(23)15-7-6-14(24-15)10-2-1-3-11(19)16(10)20/h1-8H,21H2,(H,22,23). The second-order valence-corrected chi connectivity index (χ2v) is 6.65. The van der Waals surface area contributed by atoms with Gasteiger partial charge >= 0.3 is 0 Å². The van der Waals surface area contributed by atoms with Gasteiger partial charge in [0.15, 0.2) is 5.76 Å². The molecule has 0 spiro atoms. The lowest BCUT2D eigenvalue weighted by Gasteiger charge is -2.07. The predicted octanol–water partition coefficient (Wildman–Crippen LogP) is 5.85. The summed E-state index contributed by atoms with van der Waals surface area (Å²) in [6, 6.07) is 13.6. The number of anilines is 2. The lowest BCUT2D eigenvalue weighted by molar-refractivity contribution is 0.0997. The van der Waals surface area contributed by atoms with Crippen molar-refractivity contribution in [2.75, 3.05) is 11.1 Å². The summed E-state index contributed by atoms with van der Waals surface area (Å²) >= 11 is 15.5. The van der Waals surface area contributed by atoms with Gasteiger partial charge in [-0.05, 0) is 42.5 Å². The third-order valence-electron chi connectivity index (χ3n) is 3.31. The van der Waals surface area contributed by atoms with Crippen molar-refractivity contribution < 1.29 is 9.21 Å². The van der Waals surface area contributed by atoms with Crippen molar-refractivity contribution in [3.63, 3.8) is 0 Å². The Morgan fingerprint density at radius 3 is 2.67 bits per heavy atom. The lowest BCUT2D eigenvalue weighted by Crippen LogP contribution is -2.12. The molecule has 3 rings (SSSR count). The molecule has 0 fully saturated rings. The van der Waals surface area contributed by atoms with Crippen LogP contribution >= 0.6 is 39.1 Å². The number of nitrogen functional groups attached to an aromatic ring is 1. The maximum absolute atomic E-state index is 12.3. The third-order valence-corrected chi connectivity index (χ3v) is 4.62. The number of halogens is 3.